The molecule has 1 aromatic rings. The van der Waals surface area contributed by atoms with E-state index >= 15 is 0 Å². The fourth-order valence-electron chi connectivity index (χ4n) is 1.12. The van der Waals surface area contributed by atoms with Gasteiger partial charge in [-0.3, -0.25) is 4.90 Å². The Morgan fingerprint density at radius 1 is 1.77 bits per heavy atom. The Morgan fingerprint density at radius 3 is 2.92 bits per heavy atom. The minimum Gasteiger partial charge on any atom is -0.319 e. The van der Waals surface area contributed by atoms with Crippen LogP contribution in [0.25, 0.3) is 0 Å². The minimum atomic E-state index is 0.118. The smallest absolute Gasteiger partial charge is 0.149 e. The monoisotopic (exact) mass is 179 g/mol. The molecule has 0 saturated carbocycles. The van der Waals surface area contributed by atoms with Gasteiger partial charge in [-0.05, 0) is 14.0 Å². The Hall–Kier alpha value is -1.41. The molecule has 0 aliphatic carbocycles. The minimum absolute atomic E-state index is 0.118. The summed E-state index contributed by atoms with van der Waals surface area (Å²) in [4.78, 5) is 1.92. The maximum absolute atomic E-state index is 8.52. The largest absolute Gasteiger partial charge is 0.319 e. The first-order chi connectivity index (χ1) is 6.16. The van der Waals surface area contributed by atoms with Gasteiger partial charge in [-0.2, -0.15) is 5.26 Å². The van der Waals surface area contributed by atoms with Crippen LogP contribution in [0.2, 0.25) is 0 Å². The molecule has 70 valence electrons. The summed E-state index contributed by atoms with van der Waals surface area (Å²) >= 11 is 0. The van der Waals surface area contributed by atoms with E-state index in [4.69, 9.17) is 5.26 Å². The molecule has 0 aromatic carbocycles. The predicted octanol–water partition coefficient (Wildman–Crippen LogP) is 0.331. The Bertz CT molecular complexity index is 311. The van der Waals surface area contributed by atoms with Gasteiger partial charge < -0.3 is 4.57 Å². The van der Waals surface area contributed by atoms with E-state index in [2.05, 4.69) is 16.3 Å². The van der Waals surface area contributed by atoms with E-state index in [1.165, 1.54) is 0 Å². The van der Waals surface area contributed by atoms with Crippen molar-refractivity contribution < 1.29 is 0 Å². The van der Waals surface area contributed by atoms with Crippen LogP contribution in [0.5, 0.6) is 0 Å². The van der Waals surface area contributed by atoms with Crippen molar-refractivity contribution in [3.05, 3.63) is 12.2 Å². The molecule has 1 heterocycles. The second kappa shape index (κ2) is 4.01. The first kappa shape index (κ1) is 9.68. The lowest BCUT2D eigenvalue weighted by molar-refractivity contribution is 0.277. The van der Waals surface area contributed by atoms with E-state index < -0.39 is 0 Å². The van der Waals surface area contributed by atoms with Crippen molar-refractivity contribution >= 4 is 0 Å². The van der Waals surface area contributed by atoms with Crippen LogP contribution in [0, 0.1) is 11.3 Å². The molecule has 1 unspecified atom stereocenters. The van der Waals surface area contributed by atoms with Crippen molar-refractivity contribution in [3.8, 4) is 6.07 Å². The average Bonchev–Trinajstić information content (AvgIpc) is 2.50. The third kappa shape index (κ3) is 2.04. The van der Waals surface area contributed by atoms with Crippen molar-refractivity contribution in [3.63, 3.8) is 0 Å². The molecule has 1 aromatic heterocycles. The highest BCUT2D eigenvalue weighted by Gasteiger charge is 2.15. The molecule has 13 heavy (non-hydrogen) atoms. The van der Waals surface area contributed by atoms with Crippen molar-refractivity contribution in [2.24, 2.45) is 7.05 Å². The van der Waals surface area contributed by atoms with E-state index in [9.17, 15) is 0 Å². The van der Waals surface area contributed by atoms with Gasteiger partial charge in [-0.1, -0.05) is 0 Å². The third-order valence-corrected chi connectivity index (χ3v) is 2.10. The van der Waals surface area contributed by atoms with Gasteiger partial charge in [0, 0.05) is 7.05 Å². The van der Waals surface area contributed by atoms with Crippen LogP contribution < -0.4 is 0 Å². The summed E-state index contributed by atoms with van der Waals surface area (Å²) in [5, 5.41) is 16.3. The highest BCUT2D eigenvalue weighted by Crippen LogP contribution is 2.13. The Labute approximate surface area is 77.6 Å². The molecule has 0 aliphatic rings. The second-order valence-corrected chi connectivity index (χ2v) is 3.05. The SMILES string of the molecule is CC(c1nncn1C)N(C)CC#N. The number of aryl methyl sites for hydroxylation is 1. The van der Waals surface area contributed by atoms with Crippen LogP contribution in [-0.2, 0) is 7.05 Å². The van der Waals surface area contributed by atoms with E-state index in [-0.39, 0.29) is 6.04 Å². The number of hydrogen-bond acceptors (Lipinski definition) is 4. The summed E-state index contributed by atoms with van der Waals surface area (Å²) < 4.78 is 1.86. The van der Waals surface area contributed by atoms with Crippen molar-refractivity contribution in [1.82, 2.24) is 19.7 Å². The molecular formula is C8H13N5. The van der Waals surface area contributed by atoms with Gasteiger partial charge in [0.05, 0.1) is 18.7 Å². The highest BCUT2D eigenvalue weighted by atomic mass is 15.3. The van der Waals surface area contributed by atoms with Gasteiger partial charge in [-0.25, -0.2) is 0 Å². The summed E-state index contributed by atoms with van der Waals surface area (Å²) in [6.07, 6.45) is 1.66. The standard InChI is InChI=1S/C8H13N5/c1-7(12(2)5-4-9)8-11-10-6-13(8)3/h6-7H,5H2,1-3H3. The number of nitriles is 1. The average molecular weight is 179 g/mol. The van der Waals surface area contributed by atoms with Crippen molar-refractivity contribution in [2.75, 3.05) is 13.6 Å². The van der Waals surface area contributed by atoms with E-state index in [0.717, 1.165) is 5.82 Å². The summed E-state index contributed by atoms with van der Waals surface area (Å²) in [6, 6.07) is 2.22. The lowest BCUT2D eigenvalue weighted by atomic mass is 10.3. The second-order valence-electron chi connectivity index (χ2n) is 3.05. The molecule has 5 heteroatoms. The maximum atomic E-state index is 8.52. The Morgan fingerprint density at radius 2 is 2.46 bits per heavy atom. The van der Waals surface area contributed by atoms with Gasteiger partial charge in [0.15, 0.2) is 0 Å². The van der Waals surface area contributed by atoms with Crippen LogP contribution in [0.3, 0.4) is 0 Å². The summed E-state index contributed by atoms with van der Waals surface area (Å²) in [5.74, 6) is 0.873. The van der Waals surface area contributed by atoms with Gasteiger partial charge in [0.25, 0.3) is 0 Å². The summed E-state index contributed by atoms with van der Waals surface area (Å²) in [5.41, 5.74) is 0. The van der Waals surface area contributed by atoms with E-state index in [1.54, 1.807) is 6.33 Å². The lowest BCUT2D eigenvalue weighted by Gasteiger charge is -2.20. The van der Waals surface area contributed by atoms with Crippen LogP contribution in [0.4, 0.5) is 0 Å². The molecule has 5 nitrogen and oxygen atoms in total. The number of aromatic nitrogens is 3. The number of rotatable bonds is 3. The number of nitrogens with zero attached hydrogens (tertiary/aromatic N) is 5. The van der Waals surface area contributed by atoms with Gasteiger partial charge in [0.1, 0.15) is 12.2 Å². The Balaban J connectivity index is 2.74. The topological polar surface area (TPSA) is 57.7 Å². The lowest BCUT2D eigenvalue weighted by Crippen LogP contribution is -2.24. The first-order valence-corrected chi connectivity index (χ1v) is 4.08. The summed E-state index contributed by atoms with van der Waals surface area (Å²) in [7, 11) is 3.79. The molecular weight excluding hydrogens is 166 g/mol. The highest BCUT2D eigenvalue weighted by molar-refractivity contribution is 4.94. The molecule has 0 aliphatic heterocycles. The van der Waals surface area contributed by atoms with Gasteiger partial charge in [-0.15, -0.1) is 10.2 Å². The first-order valence-electron chi connectivity index (χ1n) is 4.08. The normalized spacial score (nSPS) is 12.8. The zero-order valence-corrected chi connectivity index (χ0v) is 8.10. The number of hydrogen-bond donors (Lipinski definition) is 0. The van der Waals surface area contributed by atoms with Crippen molar-refractivity contribution in [2.45, 2.75) is 13.0 Å². The Kier molecular flexibility index (Phi) is 2.98. The zero-order chi connectivity index (χ0) is 9.84. The van der Waals surface area contributed by atoms with E-state index in [1.807, 2.05) is 30.5 Å². The molecule has 0 fully saturated rings. The maximum Gasteiger partial charge on any atom is 0.149 e. The van der Waals surface area contributed by atoms with Crippen LogP contribution in [-0.4, -0.2) is 33.3 Å². The molecule has 1 atom stereocenters. The zero-order valence-electron chi connectivity index (χ0n) is 8.10. The predicted molar refractivity (Wildman–Crippen MR) is 47.7 cm³/mol. The van der Waals surface area contributed by atoms with Crippen LogP contribution >= 0.6 is 0 Å². The molecule has 0 spiro atoms. The third-order valence-electron chi connectivity index (χ3n) is 2.10. The van der Waals surface area contributed by atoms with Crippen LogP contribution in [0.1, 0.15) is 18.8 Å². The summed E-state index contributed by atoms with van der Waals surface area (Å²) in [6.45, 7) is 2.40. The molecule has 0 N–H and O–H groups in total. The molecule has 0 radical (unpaired) electrons. The van der Waals surface area contributed by atoms with Crippen molar-refractivity contribution in [1.29, 1.82) is 5.26 Å². The van der Waals surface area contributed by atoms with Gasteiger partial charge in [0.2, 0.25) is 0 Å². The fourth-order valence-corrected chi connectivity index (χ4v) is 1.12. The molecule has 0 amide bonds. The van der Waals surface area contributed by atoms with E-state index in [0.29, 0.717) is 6.54 Å². The van der Waals surface area contributed by atoms with Gasteiger partial charge >= 0.3 is 0 Å². The van der Waals surface area contributed by atoms with Crippen LogP contribution in [0.15, 0.2) is 6.33 Å². The molecule has 0 saturated heterocycles. The fraction of sp³-hybridized carbons (Fsp3) is 0.625. The molecule has 1 rings (SSSR count). The quantitative estimate of drug-likeness (QED) is 0.627. The molecule has 0 bridgehead atoms.